The molecule has 0 saturated carbocycles. The first-order valence-electron chi connectivity index (χ1n) is 8.64. The summed E-state index contributed by atoms with van der Waals surface area (Å²) in [6.45, 7) is 5.87. The smallest absolute Gasteiger partial charge is 0.251 e. The third-order valence-corrected chi connectivity index (χ3v) is 4.38. The summed E-state index contributed by atoms with van der Waals surface area (Å²) in [5.74, 6) is 0.524. The summed E-state index contributed by atoms with van der Waals surface area (Å²) in [5.41, 5.74) is 3.68. The number of aryl methyl sites for hydroxylation is 2. The van der Waals surface area contributed by atoms with Crippen molar-refractivity contribution in [3.05, 3.63) is 52.8 Å². The number of aromatic nitrogens is 2. The van der Waals surface area contributed by atoms with Gasteiger partial charge in [-0.05, 0) is 49.9 Å². The Morgan fingerprint density at radius 1 is 1.36 bits per heavy atom. The third kappa shape index (κ3) is 4.76. The number of carbonyl (C=O) groups excluding carboxylic acids is 1. The number of ether oxygens (including phenoxy) is 1. The molecule has 25 heavy (non-hydrogen) atoms. The molecule has 6 heteroatoms. The molecule has 0 spiro atoms. The first-order valence-corrected chi connectivity index (χ1v) is 8.64. The highest BCUT2D eigenvalue weighted by Crippen LogP contribution is 2.12. The molecule has 2 heterocycles. The summed E-state index contributed by atoms with van der Waals surface area (Å²) in [5, 5.41) is 6.14. The van der Waals surface area contributed by atoms with Crippen LogP contribution in [0.15, 0.2) is 30.5 Å². The van der Waals surface area contributed by atoms with Crippen molar-refractivity contribution in [2.75, 3.05) is 18.5 Å². The zero-order valence-corrected chi connectivity index (χ0v) is 14.7. The molecule has 0 aliphatic carbocycles. The Kier molecular flexibility index (Phi) is 5.60. The number of rotatable bonds is 6. The van der Waals surface area contributed by atoms with Crippen LogP contribution in [0, 0.1) is 13.8 Å². The van der Waals surface area contributed by atoms with E-state index in [1.807, 2.05) is 38.1 Å². The average molecular weight is 340 g/mol. The van der Waals surface area contributed by atoms with Gasteiger partial charge in [-0.2, -0.15) is 0 Å². The molecule has 0 bridgehead atoms. The molecule has 1 aliphatic heterocycles. The molecule has 1 unspecified atom stereocenters. The number of hydrogen-bond acceptors (Lipinski definition) is 5. The van der Waals surface area contributed by atoms with E-state index in [-0.39, 0.29) is 12.0 Å². The monoisotopic (exact) mass is 340 g/mol. The molecule has 1 aliphatic rings. The molecular weight excluding hydrogens is 316 g/mol. The Morgan fingerprint density at radius 3 is 3.00 bits per heavy atom. The molecular formula is C19H24N4O2. The van der Waals surface area contributed by atoms with Crippen LogP contribution in [0.5, 0.6) is 0 Å². The first kappa shape index (κ1) is 17.4. The Morgan fingerprint density at radius 2 is 2.24 bits per heavy atom. The van der Waals surface area contributed by atoms with E-state index in [0.29, 0.717) is 24.6 Å². The molecule has 1 aromatic carbocycles. The van der Waals surface area contributed by atoms with Crippen molar-refractivity contribution in [2.45, 2.75) is 39.3 Å². The second-order valence-corrected chi connectivity index (χ2v) is 6.36. The zero-order valence-electron chi connectivity index (χ0n) is 14.7. The molecule has 1 aromatic heterocycles. The van der Waals surface area contributed by atoms with Gasteiger partial charge in [0.05, 0.1) is 6.10 Å². The Labute approximate surface area is 148 Å². The molecule has 2 N–H and O–H groups in total. The number of carbonyl (C=O) groups is 1. The van der Waals surface area contributed by atoms with Crippen LogP contribution in [-0.2, 0) is 11.3 Å². The predicted octanol–water partition coefficient (Wildman–Crippen LogP) is 2.61. The number of nitrogens with zero attached hydrogens (tertiary/aromatic N) is 2. The number of nitrogens with one attached hydrogen (secondary N) is 2. The maximum absolute atomic E-state index is 12.3. The van der Waals surface area contributed by atoms with Crippen molar-refractivity contribution in [1.29, 1.82) is 0 Å². The van der Waals surface area contributed by atoms with E-state index in [1.165, 1.54) is 0 Å². The first-order chi connectivity index (χ1) is 12.1. The Balaban J connectivity index is 1.56. The van der Waals surface area contributed by atoms with E-state index in [1.54, 1.807) is 6.20 Å². The van der Waals surface area contributed by atoms with Crippen molar-refractivity contribution < 1.29 is 9.53 Å². The normalized spacial score (nSPS) is 16.6. The highest BCUT2D eigenvalue weighted by molar-refractivity contribution is 5.94. The molecule has 0 radical (unpaired) electrons. The summed E-state index contributed by atoms with van der Waals surface area (Å²) >= 11 is 0. The van der Waals surface area contributed by atoms with Crippen molar-refractivity contribution in [3.8, 4) is 0 Å². The molecule has 1 amide bonds. The van der Waals surface area contributed by atoms with Crippen LogP contribution in [0.25, 0.3) is 0 Å². The lowest BCUT2D eigenvalue weighted by molar-refractivity contribution is 0.0857. The van der Waals surface area contributed by atoms with Gasteiger partial charge in [0.1, 0.15) is 0 Å². The summed E-state index contributed by atoms with van der Waals surface area (Å²) in [6, 6.07) is 7.57. The number of hydrogen-bond donors (Lipinski definition) is 2. The van der Waals surface area contributed by atoms with E-state index in [0.717, 1.165) is 36.3 Å². The van der Waals surface area contributed by atoms with Gasteiger partial charge in [0.25, 0.3) is 5.91 Å². The van der Waals surface area contributed by atoms with Gasteiger partial charge in [-0.25, -0.2) is 9.97 Å². The Hall–Kier alpha value is -2.47. The van der Waals surface area contributed by atoms with Crippen LogP contribution in [0.1, 0.15) is 40.0 Å². The van der Waals surface area contributed by atoms with E-state index in [9.17, 15) is 4.79 Å². The van der Waals surface area contributed by atoms with Crippen LogP contribution in [0.3, 0.4) is 0 Å². The van der Waals surface area contributed by atoms with Crippen LogP contribution < -0.4 is 10.6 Å². The zero-order chi connectivity index (χ0) is 17.6. The van der Waals surface area contributed by atoms with Gasteiger partial charge in [0.15, 0.2) is 0 Å². The quantitative estimate of drug-likeness (QED) is 0.845. The van der Waals surface area contributed by atoms with Crippen molar-refractivity contribution >= 4 is 11.9 Å². The van der Waals surface area contributed by atoms with Gasteiger partial charge < -0.3 is 15.4 Å². The molecule has 1 atom stereocenters. The van der Waals surface area contributed by atoms with Crippen molar-refractivity contribution in [2.24, 2.45) is 0 Å². The highest BCUT2D eigenvalue weighted by Gasteiger charge is 2.16. The fraction of sp³-hybridized carbons (Fsp3) is 0.421. The molecule has 6 nitrogen and oxygen atoms in total. The largest absolute Gasteiger partial charge is 0.376 e. The van der Waals surface area contributed by atoms with E-state index in [2.05, 4.69) is 20.6 Å². The minimum absolute atomic E-state index is 0.0696. The molecule has 1 saturated heterocycles. The van der Waals surface area contributed by atoms with Gasteiger partial charge >= 0.3 is 0 Å². The summed E-state index contributed by atoms with van der Waals surface area (Å²) in [4.78, 5) is 21.0. The summed E-state index contributed by atoms with van der Waals surface area (Å²) in [6.07, 6.45) is 4.04. The van der Waals surface area contributed by atoms with Crippen LogP contribution in [0.4, 0.5) is 5.95 Å². The van der Waals surface area contributed by atoms with Crippen molar-refractivity contribution in [1.82, 2.24) is 15.3 Å². The topological polar surface area (TPSA) is 76.1 Å². The van der Waals surface area contributed by atoms with Gasteiger partial charge in [-0.15, -0.1) is 0 Å². The molecule has 132 valence electrons. The van der Waals surface area contributed by atoms with E-state index < -0.39 is 0 Å². The number of benzene rings is 1. The predicted molar refractivity (Wildman–Crippen MR) is 96.6 cm³/mol. The third-order valence-electron chi connectivity index (χ3n) is 4.38. The van der Waals surface area contributed by atoms with Crippen molar-refractivity contribution in [3.63, 3.8) is 0 Å². The minimum atomic E-state index is -0.0696. The average Bonchev–Trinajstić information content (AvgIpc) is 3.14. The SMILES string of the molecule is Cc1cnc(NCc2cccc(C(=O)NCC3CCCO3)c2)nc1C. The lowest BCUT2D eigenvalue weighted by Crippen LogP contribution is -2.31. The molecule has 2 aromatic rings. The molecule has 1 fully saturated rings. The maximum Gasteiger partial charge on any atom is 0.251 e. The minimum Gasteiger partial charge on any atom is -0.376 e. The van der Waals surface area contributed by atoms with Crippen LogP contribution >= 0.6 is 0 Å². The number of anilines is 1. The molecule has 3 rings (SSSR count). The fourth-order valence-electron chi connectivity index (χ4n) is 2.73. The number of amides is 1. The lowest BCUT2D eigenvalue weighted by Gasteiger charge is -2.11. The maximum atomic E-state index is 12.3. The van der Waals surface area contributed by atoms with Gasteiger partial charge in [-0.3, -0.25) is 4.79 Å². The summed E-state index contributed by atoms with van der Waals surface area (Å²) in [7, 11) is 0. The Bertz CT molecular complexity index is 742. The van der Waals surface area contributed by atoms with E-state index in [4.69, 9.17) is 4.74 Å². The van der Waals surface area contributed by atoms with Gasteiger partial charge in [-0.1, -0.05) is 12.1 Å². The summed E-state index contributed by atoms with van der Waals surface area (Å²) < 4.78 is 5.53. The second kappa shape index (κ2) is 8.07. The highest BCUT2D eigenvalue weighted by atomic mass is 16.5. The second-order valence-electron chi connectivity index (χ2n) is 6.36. The van der Waals surface area contributed by atoms with Gasteiger partial charge in [0, 0.05) is 37.2 Å². The van der Waals surface area contributed by atoms with Gasteiger partial charge in [0.2, 0.25) is 5.95 Å². The standard InChI is InChI=1S/C19H24N4O2/c1-13-10-21-19(23-14(13)2)22-11-15-5-3-6-16(9-15)18(24)20-12-17-7-4-8-25-17/h3,5-6,9-10,17H,4,7-8,11-12H2,1-2H3,(H,20,24)(H,21,22,23). The fourth-order valence-corrected chi connectivity index (χ4v) is 2.73. The van der Waals surface area contributed by atoms with E-state index >= 15 is 0 Å². The lowest BCUT2D eigenvalue weighted by atomic mass is 10.1. The van der Waals surface area contributed by atoms with Crippen LogP contribution in [0.2, 0.25) is 0 Å². The van der Waals surface area contributed by atoms with Crippen LogP contribution in [-0.4, -0.2) is 35.1 Å².